The van der Waals surface area contributed by atoms with E-state index in [1.807, 2.05) is 18.2 Å². The molecule has 0 atom stereocenters. The van der Waals surface area contributed by atoms with Gasteiger partial charge in [-0.05, 0) is 37.1 Å². The summed E-state index contributed by atoms with van der Waals surface area (Å²) in [7, 11) is 0. The largest absolute Gasteiger partial charge is 0.359 e. The summed E-state index contributed by atoms with van der Waals surface area (Å²) < 4.78 is 34.7. The summed E-state index contributed by atoms with van der Waals surface area (Å²) in [6, 6.07) is 9.75. The van der Waals surface area contributed by atoms with Crippen LogP contribution in [0.4, 0.5) is 8.78 Å². The summed E-state index contributed by atoms with van der Waals surface area (Å²) in [4.78, 5) is 13.1. The molecule has 5 rings (SSSR count). The van der Waals surface area contributed by atoms with Gasteiger partial charge in [0.2, 0.25) is 0 Å². The van der Waals surface area contributed by atoms with E-state index in [1.165, 1.54) is 18.3 Å². The SMILES string of the molecule is CCCCc1ccc(-c2cc(Cn3cc4nc(-c5cccc(F)c5F)nc-4cn3)on2)cn1. The van der Waals surface area contributed by atoms with E-state index in [1.54, 1.807) is 17.1 Å². The van der Waals surface area contributed by atoms with Crippen molar-refractivity contribution in [3.8, 4) is 34.0 Å². The third-order valence-corrected chi connectivity index (χ3v) is 5.29. The lowest BCUT2D eigenvalue weighted by atomic mass is 10.1. The third kappa shape index (κ3) is 4.34. The van der Waals surface area contributed by atoms with Crippen LogP contribution in [0.1, 0.15) is 31.2 Å². The van der Waals surface area contributed by atoms with Crippen molar-refractivity contribution in [3.63, 3.8) is 0 Å². The zero-order chi connectivity index (χ0) is 22.8. The minimum atomic E-state index is -0.976. The van der Waals surface area contributed by atoms with Crippen molar-refractivity contribution in [2.75, 3.05) is 0 Å². The molecule has 0 saturated carbocycles. The van der Waals surface area contributed by atoms with E-state index in [9.17, 15) is 8.78 Å². The van der Waals surface area contributed by atoms with Crippen LogP contribution in [0.3, 0.4) is 0 Å². The molecule has 0 unspecified atom stereocenters. The number of aryl methyl sites for hydroxylation is 1. The second-order valence-electron chi connectivity index (χ2n) is 7.71. The number of unbranched alkanes of at least 4 members (excludes halogenated alkanes) is 1. The summed E-state index contributed by atoms with van der Waals surface area (Å²) in [6.07, 6.45) is 8.21. The molecule has 2 aliphatic heterocycles. The molecule has 1 aromatic carbocycles. The predicted octanol–water partition coefficient (Wildman–Crippen LogP) is 5.16. The van der Waals surface area contributed by atoms with E-state index in [0.29, 0.717) is 29.4 Å². The Labute approximate surface area is 188 Å². The van der Waals surface area contributed by atoms with E-state index in [4.69, 9.17) is 4.52 Å². The van der Waals surface area contributed by atoms with Gasteiger partial charge < -0.3 is 4.52 Å². The molecule has 4 heterocycles. The molecule has 2 aliphatic rings. The van der Waals surface area contributed by atoms with Crippen molar-refractivity contribution in [2.24, 2.45) is 0 Å². The fourth-order valence-corrected chi connectivity index (χ4v) is 3.51. The lowest BCUT2D eigenvalue weighted by molar-refractivity contribution is 0.372. The lowest BCUT2D eigenvalue weighted by Crippen LogP contribution is -2.04. The third-order valence-electron chi connectivity index (χ3n) is 5.29. The molecule has 0 fully saturated rings. The van der Waals surface area contributed by atoms with Crippen molar-refractivity contribution in [3.05, 3.63) is 78.1 Å². The number of halogens is 2. The smallest absolute Gasteiger partial charge is 0.169 e. The molecule has 2 aromatic heterocycles. The van der Waals surface area contributed by atoms with E-state index in [0.717, 1.165) is 36.6 Å². The minimum absolute atomic E-state index is 0.00643. The number of pyridine rings is 1. The Morgan fingerprint density at radius 3 is 2.70 bits per heavy atom. The maximum Gasteiger partial charge on any atom is 0.169 e. The topological polar surface area (TPSA) is 82.5 Å². The zero-order valence-corrected chi connectivity index (χ0v) is 17.9. The number of aromatic nitrogens is 6. The number of fused-ring (bicyclic) bond motifs is 1. The molecule has 7 nitrogen and oxygen atoms in total. The molecule has 0 aliphatic carbocycles. The molecule has 0 spiro atoms. The van der Waals surface area contributed by atoms with Crippen LogP contribution in [0.5, 0.6) is 0 Å². The predicted molar refractivity (Wildman–Crippen MR) is 117 cm³/mol. The highest BCUT2D eigenvalue weighted by Crippen LogP contribution is 2.27. The van der Waals surface area contributed by atoms with Gasteiger partial charge in [0.05, 0.1) is 18.0 Å². The number of nitrogens with zero attached hydrogens (tertiary/aromatic N) is 6. The quantitative estimate of drug-likeness (QED) is 0.343. The molecule has 0 saturated heterocycles. The summed E-state index contributed by atoms with van der Waals surface area (Å²) in [5.41, 5.74) is 3.63. The average Bonchev–Trinajstić information content (AvgIpc) is 3.47. The summed E-state index contributed by atoms with van der Waals surface area (Å²) in [5, 5.41) is 8.45. The highest BCUT2D eigenvalue weighted by molar-refractivity contribution is 5.65. The van der Waals surface area contributed by atoms with Gasteiger partial charge in [-0.25, -0.2) is 18.7 Å². The van der Waals surface area contributed by atoms with Crippen LogP contribution in [0, 0.1) is 11.6 Å². The van der Waals surface area contributed by atoms with Gasteiger partial charge in [0.1, 0.15) is 23.6 Å². The van der Waals surface area contributed by atoms with E-state index in [-0.39, 0.29) is 11.4 Å². The van der Waals surface area contributed by atoms with Crippen molar-refractivity contribution in [1.29, 1.82) is 0 Å². The molecule has 0 radical (unpaired) electrons. The molecule has 33 heavy (non-hydrogen) atoms. The van der Waals surface area contributed by atoms with Gasteiger partial charge in [0, 0.05) is 23.5 Å². The van der Waals surface area contributed by atoms with E-state index < -0.39 is 11.6 Å². The number of imidazole rings is 1. The molecular formula is C24H20F2N6O. The Morgan fingerprint density at radius 1 is 1.00 bits per heavy atom. The first-order valence-electron chi connectivity index (χ1n) is 10.7. The van der Waals surface area contributed by atoms with Crippen molar-refractivity contribution < 1.29 is 13.3 Å². The van der Waals surface area contributed by atoms with Gasteiger partial charge in [0.25, 0.3) is 0 Å². The van der Waals surface area contributed by atoms with E-state index >= 15 is 0 Å². The van der Waals surface area contributed by atoms with Gasteiger partial charge in [-0.15, -0.1) is 0 Å². The standard InChI is InChI=1S/C24H20F2N6O/c1-2-3-5-16-9-8-15(11-27-16)20-10-17(33-31-20)13-32-14-22-21(12-28-32)29-24(30-22)18-6-4-7-19(25)23(18)26/h4,6-12,14H,2-3,5,13H2,1H3. The van der Waals surface area contributed by atoms with Gasteiger partial charge in [-0.2, -0.15) is 5.10 Å². The Morgan fingerprint density at radius 2 is 1.88 bits per heavy atom. The fourth-order valence-electron chi connectivity index (χ4n) is 3.51. The maximum atomic E-state index is 14.1. The Bertz CT molecular complexity index is 1360. The zero-order valence-electron chi connectivity index (χ0n) is 17.9. The molecule has 0 bridgehead atoms. The van der Waals surface area contributed by atoms with Gasteiger partial charge in [-0.3, -0.25) is 9.67 Å². The molecule has 0 N–H and O–H groups in total. The Balaban J connectivity index is 1.34. The second-order valence-corrected chi connectivity index (χ2v) is 7.71. The molecule has 9 heteroatoms. The van der Waals surface area contributed by atoms with E-state index in [2.05, 4.69) is 32.1 Å². The Kier molecular flexibility index (Phi) is 5.60. The fraction of sp³-hybridized carbons (Fsp3) is 0.208. The van der Waals surface area contributed by atoms with Gasteiger partial charge in [-0.1, -0.05) is 24.6 Å². The first kappa shape index (κ1) is 20.9. The Hall–Kier alpha value is -4.01. The highest BCUT2D eigenvalue weighted by atomic mass is 19.2. The minimum Gasteiger partial charge on any atom is -0.359 e. The molecular weight excluding hydrogens is 426 g/mol. The second kappa shape index (κ2) is 8.85. The summed E-state index contributed by atoms with van der Waals surface area (Å²) in [5.74, 6) is -1.21. The van der Waals surface area contributed by atoms with Crippen LogP contribution in [-0.2, 0) is 13.0 Å². The van der Waals surface area contributed by atoms with Crippen molar-refractivity contribution in [1.82, 2.24) is 29.9 Å². The van der Waals surface area contributed by atoms with Crippen LogP contribution in [0.2, 0.25) is 0 Å². The summed E-state index contributed by atoms with van der Waals surface area (Å²) in [6.45, 7) is 2.48. The van der Waals surface area contributed by atoms with Gasteiger partial charge in [0.15, 0.2) is 23.2 Å². The van der Waals surface area contributed by atoms with Crippen LogP contribution < -0.4 is 0 Å². The molecule has 3 aromatic rings. The van der Waals surface area contributed by atoms with Crippen LogP contribution in [0.25, 0.3) is 34.0 Å². The number of hydrogen-bond donors (Lipinski definition) is 0. The summed E-state index contributed by atoms with van der Waals surface area (Å²) >= 11 is 0. The normalized spacial score (nSPS) is 11.4. The van der Waals surface area contributed by atoms with Crippen LogP contribution in [-0.4, -0.2) is 29.9 Å². The molecule has 0 amide bonds. The first-order chi connectivity index (χ1) is 16.1. The maximum absolute atomic E-state index is 14.1. The lowest BCUT2D eigenvalue weighted by Gasteiger charge is -2.03. The molecule has 166 valence electrons. The monoisotopic (exact) mass is 446 g/mol. The van der Waals surface area contributed by atoms with Crippen molar-refractivity contribution in [2.45, 2.75) is 32.7 Å². The highest BCUT2D eigenvalue weighted by Gasteiger charge is 2.18. The van der Waals surface area contributed by atoms with Crippen LogP contribution in [0.15, 0.2) is 59.5 Å². The number of hydrogen-bond acceptors (Lipinski definition) is 6. The van der Waals surface area contributed by atoms with Crippen LogP contribution >= 0.6 is 0 Å². The first-order valence-corrected chi connectivity index (χ1v) is 10.7. The van der Waals surface area contributed by atoms with Crippen molar-refractivity contribution >= 4 is 0 Å². The average molecular weight is 446 g/mol. The number of benzene rings is 1. The number of rotatable bonds is 7. The van der Waals surface area contributed by atoms with Gasteiger partial charge >= 0.3 is 0 Å².